The van der Waals surface area contributed by atoms with Gasteiger partial charge in [-0.05, 0) is 116 Å². The molecular weight excluding hydrogens is 725 g/mol. The second-order valence-corrected chi connectivity index (χ2v) is 15.7. The smallest absolute Gasteiger partial charge is 0.127 e. The van der Waals surface area contributed by atoms with Crippen LogP contribution in [0.5, 0.6) is 5.75 Å². The first-order valence-corrected chi connectivity index (χ1v) is 22.4. The summed E-state index contributed by atoms with van der Waals surface area (Å²) in [4.78, 5) is 2.27. The molecule has 1 aliphatic heterocycles. The van der Waals surface area contributed by atoms with E-state index in [0.29, 0.717) is 13.2 Å². The minimum absolute atomic E-state index is 0.248. The van der Waals surface area contributed by atoms with Crippen LogP contribution < -0.4 is 4.74 Å². The number of fused-ring (bicyclic) bond motifs is 1. The van der Waals surface area contributed by atoms with Crippen molar-refractivity contribution in [1.82, 2.24) is 4.90 Å². The van der Waals surface area contributed by atoms with E-state index >= 15 is 0 Å². The first-order chi connectivity index (χ1) is 27.3. The number of nitrogens with zero attached hydrogens (tertiary/aromatic N) is 1. The predicted molar refractivity (Wildman–Crippen MR) is 252 cm³/mol. The Balaban J connectivity index is 0.000000997. The Kier molecular flexibility index (Phi) is 26.1. The van der Waals surface area contributed by atoms with Gasteiger partial charge in [-0.2, -0.15) is 0 Å². The number of benzene rings is 3. The second kappa shape index (κ2) is 28.8. The fraction of sp³-hybridized carbons (Fsp3) is 0.538. The fourth-order valence-electron chi connectivity index (χ4n) is 6.61. The van der Waals surface area contributed by atoms with Gasteiger partial charge in [-0.25, -0.2) is 4.39 Å². The molecule has 57 heavy (non-hydrogen) atoms. The monoisotopic (exact) mass is 804 g/mol. The van der Waals surface area contributed by atoms with Gasteiger partial charge in [0.1, 0.15) is 17.3 Å². The molecule has 1 atom stereocenters. The van der Waals surface area contributed by atoms with Gasteiger partial charge in [-0.1, -0.05) is 150 Å². The molecule has 0 amide bonds. The fourth-order valence-corrected chi connectivity index (χ4v) is 6.91. The molecule has 0 aromatic heterocycles. The summed E-state index contributed by atoms with van der Waals surface area (Å²) in [5.74, 6) is 2.21. The Morgan fingerprint density at radius 1 is 0.877 bits per heavy atom. The lowest BCUT2D eigenvalue weighted by Crippen LogP contribution is -2.21. The third-order valence-corrected chi connectivity index (χ3v) is 10.7. The standard InChI is InChI=1S/C38H45ClFNO2.C7H16.C4H10.C3H8/c1-8-10-22-42-28(6)31(9-2)34(14-12-23-43-36-15-11-13-29-24-30(40)16-17-33(29)36)32-18-19-35(39)38(26(32)4)37-25(3)20-21-41(7)27(37)5;1-4-6-7(3)5-2;1-3-4-2;1-3-2/h11,13,15-20,24H,6,8-10,12,14,21-23H2,1-5,7H3;7H,4-6H2,1-3H3;3-4H2,1-2H3;3H2,1-2H3/b34-31+;;;. The second-order valence-electron chi connectivity index (χ2n) is 15.3. The van der Waals surface area contributed by atoms with E-state index in [4.69, 9.17) is 21.1 Å². The first-order valence-electron chi connectivity index (χ1n) is 22.1. The third-order valence-electron chi connectivity index (χ3n) is 10.4. The molecule has 0 radical (unpaired) electrons. The Morgan fingerprint density at radius 2 is 1.56 bits per heavy atom. The summed E-state index contributed by atoms with van der Waals surface area (Å²) >= 11 is 6.95. The van der Waals surface area contributed by atoms with E-state index in [1.54, 1.807) is 12.1 Å². The summed E-state index contributed by atoms with van der Waals surface area (Å²) in [5.41, 5.74) is 9.42. The molecule has 0 fully saturated rings. The van der Waals surface area contributed by atoms with Crippen LogP contribution in [0.3, 0.4) is 0 Å². The molecule has 1 heterocycles. The van der Waals surface area contributed by atoms with E-state index < -0.39 is 0 Å². The molecule has 0 aliphatic carbocycles. The van der Waals surface area contributed by atoms with Crippen LogP contribution in [0.25, 0.3) is 21.9 Å². The van der Waals surface area contributed by atoms with Crippen LogP contribution >= 0.6 is 11.6 Å². The van der Waals surface area contributed by atoms with Crippen molar-refractivity contribution in [2.24, 2.45) is 5.92 Å². The summed E-state index contributed by atoms with van der Waals surface area (Å²) in [5, 5.41) is 2.50. The first kappa shape index (κ1) is 51.5. The molecule has 0 saturated carbocycles. The lowest BCUT2D eigenvalue weighted by atomic mass is 9.84. The van der Waals surface area contributed by atoms with Crippen LogP contribution in [-0.2, 0) is 4.74 Å². The minimum Gasteiger partial charge on any atom is -0.494 e. The molecule has 3 aromatic rings. The van der Waals surface area contributed by atoms with Gasteiger partial charge < -0.3 is 14.4 Å². The van der Waals surface area contributed by atoms with Crippen molar-refractivity contribution in [3.63, 3.8) is 0 Å². The molecule has 3 nitrogen and oxygen atoms in total. The summed E-state index contributed by atoms with van der Waals surface area (Å²) in [7, 11) is 2.12. The van der Waals surface area contributed by atoms with Crippen molar-refractivity contribution in [1.29, 1.82) is 0 Å². The number of unbranched alkanes of at least 4 members (excludes halogenated alkanes) is 2. The SMILES string of the molecule is C=C(OCCCC)/C(CC)=C(\CCCOc1cccc2cc(F)ccc12)c1ccc(Cl)c(C2=C(C)N(C)CC=C2C)c1C.CCC.CCCC.CCCC(C)CC. The maximum atomic E-state index is 13.8. The lowest BCUT2D eigenvalue weighted by Gasteiger charge is -2.30. The van der Waals surface area contributed by atoms with E-state index in [0.717, 1.165) is 88.6 Å². The summed E-state index contributed by atoms with van der Waals surface area (Å²) in [6.45, 7) is 32.7. The van der Waals surface area contributed by atoms with Gasteiger partial charge in [0, 0.05) is 40.8 Å². The van der Waals surface area contributed by atoms with E-state index in [2.05, 4.69) is 114 Å². The summed E-state index contributed by atoms with van der Waals surface area (Å²) in [6, 6.07) is 14.7. The van der Waals surface area contributed by atoms with Crippen molar-refractivity contribution >= 4 is 33.5 Å². The largest absolute Gasteiger partial charge is 0.494 e. The Bertz CT molecular complexity index is 1730. The molecule has 4 rings (SSSR count). The predicted octanol–water partition coefficient (Wildman–Crippen LogP) is 17.0. The van der Waals surface area contributed by atoms with Gasteiger partial charge in [0.2, 0.25) is 0 Å². The molecular formula is C52H79ClFNO2. The molecule has 5 heteroatoms. The topological polar surface area (TPSA) is 21.7 Å². The van der Waals surface area contributed by atoms with E-state index in [9.17, 15) is 4.39 Å². The number of hydrogen-bond acceptors (Lipinski definition) is 3. The zero-order valence-electron chi connectivity index (χ0n) is 38.4. The highest BCUT2D eigenvalue weighted by molar-refractivity contribution is 6.33. The number of allylic oxidation sites excluding steroid dienone is 5. The zero-order chi connectivity index (χ0) is 42.9. The van der Waals surface area contributed by atoms with Gasteiger partial charge in [-0.15, -0.1) is 0 Å². The highest BCUT2D eigenvalue weighted by Crippen LogP contribution is 2.41. The van der Waals surface area contributed by atoms with Crippen molar-refractivity contribution in [3.05, 3.63) is 111 Å². The van der Waals surface area contributed by atoms with Gasteiger partial charge in [0.25, 0.3) is 0 Å². The molecule has 0 bridgehead atoms. The molecule has 1 unspecified atom stereocenters. The van der Waals surface area contributed by atoms with Crippen molar-refractivity contribution < 1.29 is 13.9 Å². The molecule has 1 aliphatic rings. The maximum absolute atomic E-state index is 13.8. The van der Waals surface area contributed by atoms with E-state index in [-0.39, 0.29) is 5.82 Å². The molecule has 0 saturated heterocycles. The van der Waals surface area contributed by atoms with Crippen LogP contribution in [0.1, 0.15) is 163 Å². The van der Waals surface area contributed by atoms with Gasteiger partial charge in [0.15, 0.2) is 0 Å². The van der Waals surface area contributed by atoms with Crippen LogP contribution in [0.15, 0.2) is 83.8 Å². The van der Waals surface area contributed by atoms with Crippen LogP contribution in [0, 0.1) is 18.7 Å². The molecule has 3 aromatic carbocycles. The van der Waals surface area contributed by atoms with Crippen molar-refractivity contribution in [3.8, 4) is 5.75 Å². The Hall–Kier alpha value is -3.50. The quantitative estimate of drug-likeness (QED) is 0.0771. The Morgan fingerprint density at radius 3 is 2.14 bits per heavy atom. The number of likely N-dealkylation sites (N-methyl/N-ethyl adjacent to an activating group) is 1. The maximum Gasteiger partial charge on any atom is 0.127 e. The minimum atomic E-state index is -0.248. The number of rotatable bonds is 17. The normalized spacial score (nSPS) is 13.2. The molecule has 0 N–H and O–H groups in total. The zero-order valence-corrected chi connectivity index (χ0v) is 39.2. The summed E-state index contributed by atoms with van der Waals surface area (Å²) in [6.07, 6.45) is 14.7. The van der Waals surface area contributed by atoms with E-state index in [1.807, 2.05) is 24.3 Å². The third kappa shape index (κ3) is 16.7. The van der Waals surface area contributed by atoms with Crippen molar-refractivity contribution in [2.75, 3.05) is 26.8 Å². The van der Waals surface area contributed by atoms with Crippen LogP contribution in [0.4, 0.5) is 4.39 Å². The number of halogens is 2. The molecule has 318 valence electrons. The number of ether oxygens (including phenoxy) is 2. The van der Waals surface area contributed by atoms with Gasteiger partial charge in [-0.3, -0.25) is 0 Å². The summed E-state index contributed by atoms with van der Waals surface area (Å²) < 4.78 is 26.2. The van der Waals surface area contributed by atoms with Crippen LogP contribution in [0.2, 0.25) is 5.02 Å². The number of hydrogen-bond donors (Lipinski definition) is 0. The lowest BCUT2D eigenvalue weighted by molar-refractivity contribution is 0.215. The Labute approximate surface area is 354 Å². The average Bonchev–Trinajstić information content (AvgIpc) is 3.19. The highest BCUT2D eigenvalue weighted by atomic mass is 35.5. The van der Waals surface area contributed by atoms with Gasteiger partial charge in [0.05, 0.1) is 13.2 Å². The highest BCUT2D eigenvalue weighted by Gasteiger charge is 2.23. The van der Waals surface area contributed by atoms with Crippen molar-refractivity contribution in [2.45, 2.75) is 154 Å². The van der Waals surface area contributed by atoms with Crippen LogP contribution in [-0.4, -0.2) is 31.7 Å². The average molecular weight is 805 g/mol. The van der Waals surface area contributed by atoms with Gasteiger partial charge >= 0.3 is 0 Å². The van der Waals surface area contributed by atoms with E-state index in [1.165, 1.54) is 72.6 Å². The molecule has 0 spiro atoms.